The summed E-state index contributed by atoms with van der Waals surface area (Å²) in [6, 6.07) is 18.8. The Balaban J connectivity index is 2.08. The van der Waals surface area contributed by atoms with Crippen LogP contribution in [0.2, 0.25) is 0 Å². The molecule has 0 saturated carbocycles. The number of nitrogens with two attached hydrogens (primary N) is 1. The molecular formula is C24H18N4O3S. The van der Waals surface area contributed by atoms with Gasteiger partial charge < -0.3 is 15.2 Å². The molecule has 158 valence electrons. The first-order valence-electron chi connectivity index (χ1n) is 9.59. The van der Waals surface area contributed by atoms with Crippen LogP contribution in [-0.4, -0.2) is 18.8 Å². The van der Waals surface area contributed by atoms with E-state index in [-0.39, 0.29) is 17.0 Å². The van der Waals surface area contributed by atoms with Gasteiger partial charge in [-0.15, -0.1) is 11.3 Å². The Morgan fingerprint density at radius 3 is 2.28 bits per heavy atom. The Hall–Kier alpha value is -4.27. The minimum absolute atomic E-state index is 0.0123. The van der Waals surface area contributed by atoms with E-state index in [9.17, 15) is 15.3 Å². The number of rotatable bonds is 4. The maximum Gasteiger partial charge on any atom is 0.274 e. The van der Waals surface area contributed by atoms with Crippen LogP contribution in [0, 0.1) is 22.7 Å². The van der Waals surface area contributed by atoms with Gasteiger partial charge in [0.2, 0.25) is 0 Å². The number of aromatic nitrogens is 1. The van der Waals surface area contributed by atoms with Crippen molar-refractivity contribution in [3.63, 3.8) is 0 Å². The number of thiazole rings is 1. The Kier molecular flexibility index (Phi) is 5.55. The van der Waals surface area contributed by atoms with Crippen LogP contribution in [0.5, 0.6) is 11.5 Å². The van der Waals surface area contributed by atoms with Crippen LogP contribution in [0.4, 0.5) is 0 Å². The van der Waals surface area contributed by atoms with Gasteiger partial charge in [0, 0.05) is 11.1 Å². The number of allylic oxidation sites excluding steroid dienone is 1. The number of ether oxygens (including phenoxy) is 2. The van der Waals surface area contributed by atoms with Crippen molar-refractivity contribution in [3.8, 4) is 23.6 Å². The number of nitrogens with zero attached hydrogens (tertiary/aromatic N) is 3. The standard InChI is InChI=1S/C24H18N4O3S/c1-30-18-9-5-3-7-14(18)11-20-23(29)28-22(27)16(12-25)21(17(13-26)24(28)32-20)15-8-4-6-10-19(15)31-2/h3-11,21H,27H2,1-2H3/b20-11-/t21-/m0/s1. The van der Waals surface area contributed by atoms with E-state index in [2.05, 4.69) is 12.1 Å². The molecule has 0 spiro atoms. The minimum atomic E-state index is -0.738. The molecule has 0 amide bonds. The van der Waals surface area contributed by atoms with E-state index in [1.54, 1.807) is 43.5 Å². The predicted octanol–water partition coefficient (Wildman–Crippen LogP) is 1.88. The zero-order valence-electron chi connectivity index (χ0n) is 17.3. The van der Waals surface area contributed by atoms with Crippen LogP contribution >= 0.6 is 11.3 Å². The molecule has 4 rings (SSSR count). The molecule has 1 aromatic heterocycles. The Morgan fingerprint density at radius 1 is 1.00 bits per heavy atom. The van der Waals surface area contributed by atoms with E-state index in [0.29, 0.717) is 31.8 Å². The zero-order valence-corrected chi connectivity index (χ0v) is 18.1. The number of methoxy groups -OCH3 is 2. The molecule has 0 unspecified atom stereocenters. The van der Waals surface area contributed by atoms with E-state index in [0.717, 1.165) is 11.3 Å². The van der Waals surface area contributed by atoms with Crippen molar-refractivity contribution in [2.45, 2.75) is 5.92 Å². The molecule has 8 heteroatoms. The van der Waals surface area contributed by atoms with Gasteiger partial charge in [-0.2, -0.15) is 10.5 Å². The quantitative estimate of drug-likeness (QED) is 0.660. The molecule has 1 aliphatic heterocycles. The molecule has 1 aliphatic rings. The number of benzene rings is 2. The van der Waals surface area contributed by atoms with Crippen LogP contribution in [0.25, 0.3) is 17.5 Å². The Labute approximate surface area is 187 Å². The minimum Gasteiger partial charge on any atom is -0.496 e. The molecule has 1 atom stereocenters. The third-order valence-electron chi connectivity index (χ3n) is 5.26. The van der Waals surface area contributed by atoms with Gasteiger partial charge in [0.15, 0.2) is 0 Å². The van der Waals surface area contributed by atoms with E-state index >= 15 is 0 Å². The highest BCUT2D eigenvalue weighted by Crippen LogP contribution is 2.39. The van der Waals surface area contributed by atoms with E-state index in [1.165, 1.54) is 11.7 Å². The van der Waals surface area contributed by atoms with Crippen LogP contribution < -0.4 is 30.0 Å². The van der Waals surface area contributed by atoms with Gasteiger partial charge in [-0.25, -0.2) is 0 Å². The number of hydrogen-bond acceptors (Lipinski definition) is 7. The van der Waals surface area contributed by atoms with Crippen molar-refractivity contribution >= 4 is 28.8 Å². The van der Waals surface area contributed by atoms with Crippen molar-refractivity contribution in [1.82, 2.24) is 4.57 Å². The van der Waals surface area contributed by atoms with Crippen LogP contribution in [0.3, 0.4) is 0 Å². The molecule has 2 heterocycles. The summed E-state index contributed by atoms with van der Waals surface area (Å²) in [6.45, 7) is 0. The fourth-order valence-corrected chi connectivity index (χ4v) is 4.91. The molecule has 3 aromatic rings. The summed E-state index contributed by atoms with van der Waals surface area (Å²) in [6.07, 6.45) is 1.70. The SMILES string of the molecule is COc1ccccc1/C=c1\sc2n(c1=O)C(N)=C(C#N)[C@H](c1ccccc1OC)C=2C#N. The number of para-hydroxylation sites is 2. The maximum absolute atomic E-state index is 13.2. The maximum atomic E-state index is 13.2. The van der Waals surface area contributed by atoms with Crippen molar-refractivity contribution in [3.05, 3.63) is 84.8 Å². The largest absolute Gasteiger partial charge is 0.496 e. The van der Waals surface area contributed by atoms with E-state index < -0.39 is 11.5 Å². The van der Waals surface area contributed by atoms with E-state index in [1.807, 2.05) is 18.2 Å². The first-order chi connectivity index (χ1) is 15.5. The normalized spacial score (nSPS) is 15.7. The fourth-order valence-electron chi connectivity index (χ4n) is 3.79. The second-order valence-corrected chi connectivity index (χ2v) is 7.94. The van der Waals surface area contributed by atoms with Crippen LogP contribution in [0.15, 0.2) is 58.9 Å². The highest BCUT2D eigenvalue weighted by molar-refractivity contribution is 7.07. The van der Waals surface area contributed by atoms with E-state index in [4.69, 9.17) is 15.2 Å². The van der Waals surface area contributed by atoms with Crippen LogP contribution in [-0.2, 0) is 0 Å². The molecule has 2 N–H and O–H groups in total. The van der Waals surface area contributed by atoms with Crippen molar-refractivity contribution in [1.29, 1.82) is 10.5 Å². The lowest BCUT2D eigenvalue weighted by molar-refractivity contribution is 0.409. The van der Waals surface area contributed by atoms with Crippen molar-refractivity contribution < 1.29 is 9.47 Å². The lowest BCUT2D eigenvalue weighted by atomic mass is 9.84. The molecule has 7 nitrogen and oxygen atoms in total. The van der Waals surface area contributed by atoms with Gasteiger partial charge in [0.05, 0.1) is 48.0 Å². The average Bonchev–Trinajstić information content (AvgIpc) is 3.15. The highest BCUT2D eigenvalue weighted by atomic mass is 32.1. The van der Waals surface area contributed by atoms with Gasteiger partial charge in [0.1, 0.15) is 22.0 Å². The lowest BCUT2D eigenvalue weighted by Crippen LogP contribution is -2.38. The summed E-state index contributed by atoms with van der Waals surface area (Å²) in [4.78, 5) is 13.2. The third kappa shape index (κ3) is 3.24. The van der Waals surface area contributed by atoms with Gasteiger partial charge in [-0.3, -0.25) is 9.36 Å². The van der Waals surface area contributed by atoms with Crippen molar-refractivity contribution in [2.75, 3.05) is 14.2 Å². The molecule has 0 fully saturated rings. The molecule has 0 radical (unpaired) electrons. The number of fused-ring (bicyclic) bond motifs is 1. The summed E-state index contributed by atoms with van der Waals surface area (Å²) < 4.78 is 12.8. The second-order valence-electron chi connectivity index (χ2n) is 6.91. The van der Waals surface area contributed by atoms with Gasteiger partial charge >= 0.3 is 0 Å². The summed E-state index contributed by atoms with van der Waals surface area (Å²) in [5.41, 5.74) is 7.67. The Bertz CT molecular complexity index is 1520. The first kappa shape index (κ1) is 21.0. The zero-order chi connectivity index (χ0) is 22.8. The molecule has 0 aliphatic carbocycles. The van der Waals surface area contributed by atoms with Crippen LogP contribution in [0.1, 0.15) is 17.0 Å². The topological polar surface area (TPSA) is 114 Å². The number of hydrogen-bond donors (Lipinski definition) is 1. The Morgan fingerprint density at radius 2 is 1.62 bits per heavy atom. The lowest BCUT2D eigenvalue weighted by Gasteiger charge is -2.23. The predicted molar refractivity (Wildman–Crippen MR) is 122 cm³/mol. The van der Waals surface area contributed by atoms with Gasteiger partial charge in [-0.1, -0.05) is 36.4 Å². The molecule has 2 aromatic carbocycles. The second kappa shape index (κ2) is 8.46. The molecule has 32 heavy (non-hydrogen) atoms. The smallest absolute Gasteiger partial charge is 0.274 e. The third-order valence-corrected chi connectivity index (χ3v) is 6.37. The fraction of sp³-hybridized carbons (Fsp3) is 0.125. The summed E-state index contributed by atoms with van der Waals surface area (Å²) in [5, 5.41) is 20.0. The highest BCUT2D eigenvalue weighted by Gasteiger charge is 2.33. The average molecular weight is 443 g/mol. The van der Waals surface area contributed by atoms with Gasteiger partial charge in [0.25, 0.3) is 5.56 Å². The molecule has 0 saturated heterocycles. The van der Waals surface area contributed by atoms with Gasteiger partial charge in [-0.05, 0) is 18.2 Å². The molecular weight excluding hydrogens is 424 g/mol. The van der Waals surface area contributed by atoms with Crippen molar-refractivity contribution in [2.24, 2.45) is 5.73 Å². The summed E-state index contributed by atoms with van der Waals surface area (Å²) >= 11 is 1.15. The summed E-state index contributed by atoms with van der Waals surface area (Å²) in [7, 11) is 3.08. The first-order valence-corrected chi connectivity index (χ1v) is 10.4. The summed E-state index contributed by atoms with van der Waals surface area (Å²) in [5.74, 6) is 0.413. The molecule has 0 bridgehead atoms. The number of nitriles is 2. The monoisotopic (exact) mass is 442 g/mol.